The molecule has 0 amide bonds. The first-order valence-corrected chi connectivity index (χ1v) is 7.46. The SMILES string of the molecule is Cc1ccc(S(=O)(=O)NC2CCNCC2)c(F)c1.Cl. The van der Waals surface area contributed by atoms with Gasteiger partial charge in [-0.3, -0.25) is 0 Å². The summed E-state index contributed by atoms with van der Waals surface area (Å²) in [7, 11) is -3.76. The second kappa shape index (κ2) is 6.65. The van der Waals surface area contributed by atoms with Gasteiger partial charge in [0.05, 0.1) is 0 Å². The molecule has 7 heteroatoms. The van der Waals surface area contributed by atoms with Crippen LogP contribution in [0.3, 0.4) is 0 Å². The molecule has 1 heterocycles. The third-order valence-electron chi connectivity index (χ3n) is 3.04. The van der Waals surface area contributed by atoms with Crippen LogP contribution in [0.25, 0.3) is 0 Å². The van der Waals surface area contributed by atoms with Gasteiger partial charge < -0.3 is 5.32 Å². The summed E-state index contributed by atoms with van der Waals surface area (Å²) in [5, 5.41) is 3.15. The van der Waals surface area contributed by atoms with Crippen LogP contribution in [0.4, 0.5) is 4.39 Å². The van der Waals surface area contributed by atoms with Crippen molar-refractivity contribution in [3.63, 3.8) is 0 Å². The highest BCUT2D eigenvalue weighted by Crippen LogP contribution is 2.17. The summed E-state index contributed by atoms with van der Waals surface area (Å²) in [6.07, 6.45) is 1.46. The van der Waals surface area contributed by atoms with E-state index in [4.69, 9.17) is 0 Å². The van der Waals surface area contributed by atoms with Crippen molar-refractivity contribution in [2.75, 3.05) is 13.1 Å². The Morgan fingerprint density at radius 1 is 1.32 bits per heavy atom. The maximum absolute atomic E-state index is 13.7. The van der Waals surface area contributed by atoms with Gasteiger partial charge >= 0.3 is 0 Å². The standard InChI is InChI=1S/C12H17FN2O2S.ClH/c1-9-2-3-12(11(13)8-9)18(16,17)15-10-4-6-14-7-5-10;/h2-3,8,10,14-15H,4-7H2,1H3;1H. The van der Waals surface area contributed by atoms with E-state index in [2.05, 4.69) is 10.0 Å². The molecule has 1 aliphatic heterocycles. The zero-order chi connectivity index (χ0) is 13.2. The normalized spacial score (nSPS) is 16.9. The largest absolute Gasteiger partial charge is 0.317 e. The second-order valence-corrected chi connectivity index (χ2v) is 6.26. The average molecular weight is 309 g/mol. The maximum atomic E-state index is 13.7. The lowest BCUT2D eigenvalue weighted by Crippen LogP contribution is -2.42. The minimum atomic E-state index is -3.76. The molecule has 108 valence electrons. The first kappa shape index (κ1) is 16.4. The van der Waals surface area contributed by atoms with Crippen LogP contribution >= 0.6 is 12.4 Å². The summed E-state index contributed by atoms with van der Waals surface area (Å²) in [4.78, 5) is -0.272. The summed E-state index contributed by atoms with van der Waals surface area (Å²) in [5.41, 5.74) is 0.702. The highest BCUT2D eigenvalue weighted by Gasteiger charge is 2.24. The van der Waals surface area contributed by atoms with Crippen LogP contribution in [0.15, 0.2) is 23.1 Å². The number of piperidine rings is 1. The van der Waals surface area contributed by atoms with Crippen LogP contribution in [-0.2, 0) is 10.0 Å². The fourth-order valence-corrected chi connectivity index (χ4v) is 3.41. The molecular weight excluding hydrogens is 291 g/mol. The number of aryl methyl sites for hydroxylation is 1. The Morgan fingerprint density at radius 2 is 1.95 bits per heavy atom. The number of rotatable bonds is 3. The second-order valence-electron chi connectivity index (χ2n) is 4.58. The number of halogens is 2. The van der Waals surface area contributed by atoms with Crippen LogP contribution in [0.2, 0.25) is 0 Å². The first-order chi connectivity index (χ1) is 8.49. The Kier molecular flexibility index (Phi) is 5.73. The average Bonchev–Trinajstić information content (AvgIpc) is 2.29. The van der Waals surface area contributed by atoms with Crippen molar-refractivity contribution in [2.45, 2.75) is 30.7 Å². The molecule has 1 aliphatic rings. The van der Waals surface area contributed by atoms with Crippen molar-refractivity contribution in [3.05, 3.63) is 29.6 Å². The van der Waals surface area contributed by atoms with Crippen molar-refractivity contribution in [3.8, 4) is 0 Å². The maximum Gasteiger partial charge on any atom is 0.243 e. The lowest BCUT2D eigenvalue weighted by atomic mass is 10.1. The minimum absolute atomic E-state index is 0. The predicted molar refractivity (Wildman–Crippen MR) is 74.6 cm³/mol. The number of benzene rings is 1. The lowest BCUT2D eigenvalue weighted by molar-refractivity contribution is 0.426. The van der Waals surface area contributed by atoms with E-state index in [0.29, 0.717) is 5.56 Å². The van der Waals surface area contributed by atoms with Crippen LogP contribution < -0.4 is 10.0 Å². The fourth-order valence-electron chi connectivity index (χ4n) is 2.05. The first-order valence-electron chi connectivity index (χ1n) is 5.98. The number of hydrogen-bond acceptors (Lipinski definition) is 3. The smallest absolute Gasteiger partial charge is 0.243 e. The van der Waals surface area contributed by atoms with Gasteiger partial charge in [-0.25, -0.2) is 17.5 Å². The molecule has 0 saturated carbocycles. The van der Waals surface area contributed by atoms with E-state index in [1.807, 2.05) is 0 Å². The van der Waals surface area contributed by atoms with Gasteiger partial charge in [-0.2, -0.15) is 0 Å². The van der Waals surface area contributed by atoms with Crippen molar-refractivity contribution >= 4 is 22.4 Å². The Labute approximate surface area is 119 Å². The third-order valence-corrected chi connectivity index (χ3v) is 4.59. The number of nitrogens with one attached hydrogen (secondary N) is 2. The monoisotopic (exact) mass is 308 g/mol. The van der Waals surface area contributed by atoms with Gasteiger partial charge in [0.25, 0.3) is 0 Å². The molecule has 0 radical (unpaired) electrons. The third kappa shape index (κ3) is 4.14. The van der Waals surface area contributed by atoms with Crippen LogP contribution in [0.1, 0.15) is 18.4 Å². The zero-order valence-electron chi connectivity index (χ0n) is 10.6. The molecule has 0 bridgehead atoms. The topological polar surface area (TPSA) is 58.2 Å². The zero-order valence-corrected chi connectivity index (χ0v) is 12.3. The lowest BCUT2D eigenvalue weighted by Gasteiger charge is -2.23. The van der Waals surface area contributed by atoms with Crippen molar-refractivity contribution in [1.29, 1.82) is 0 Å². The van der Waals surface area contributed by atoms with Gasteiger partial charge in [0.2, 0.25) is 10.0 Å². The van der Waals surface area contributed by atoms with E-state index in [1.54, 1.807) is 13.0 Å². The van der Waals surface area contributed by atoms with E-state index in [0.717, 1.165) is 25.9 Å². The summed E-state index contributed by atoms with van der Waals surface area (Å²) >= 11 is 0. The van der Waals surface area contributed by atoms with E-state index in [1.165, 1.54) is 12.1 Å². The molecular formula is C12H18ClFN2O2S. The van der Waals surface area contributed by atoms with Crippen LogP contribution in [0.5, 0.6) is 0 Å². The van der Waals surface area contributed by atoms with E-state index >= 15 is 0 Å². The Bertz CT molecular complexity index is 531. The summed E-state index contributed by atoms with van der Waals surface area (Å²) in [5.74, 6) is -0.698. The molecule has 0 unspecified atom stereocenters. The van der Waals surface area contributed by atoms with E-state index in [-0.39, 0.29) is 23.3 Å². The van der Waals surface area contributed by atoms with E-state index < -0.39 is 15.8 Å². The molecule has 0 aromatic heterocycles. The van der Waals surface area contributed by atoms with E-state index in [9.17, 15) is 12.8 Å². The summed E-state index contributed by atoms with van der Waals surface area (Å²) < 4.78 is 40.4. The Balaban J connectivity index is 0.00000180. The fraction of sp³-hybridized carbons (Fsp3) is 0.500. The van der Waals surface area contributed by atoms with Gasteiger partial charge in [-0.05, 0) is 50.6 Å². The molecule has 1 saturated heterocycles. The van der Waals surface area contributed by atoms with Gasteiger partial charge in [-0.15, -0.1) is 12.4 Å². The Hall–Kier alpha value is -0.690. The highest BCUT2D eigenvalue weighted by atomic mass is 35.5. The minimum Gasteiger partial charge on any atom is -0.317 e. The molecule has 1 fully saturated rings. The van der Waals surface area contributed by atoms with Gasteiger partial charge in [0, 0.05) is 6.04 Å². The molecule has 1 aromatic rings. The quantitative estimate of drug-likeness (QED) is 0.891. The van der Waals surface area contributed by atoms with Crippen molar-refractivity contribution in [1.82, 2.24) is 10.0 Å². The molecule has 0 atom stereocenters. The molecule has 4 nitrogen and oxygen atoms in total. The molecule has 0 aliphatic carbocycles. The van der Waals surface area contributed by atoms with Crippen LogP contribution in [-0.4, -0.2) is 27.5 Å². The number of hydrogen-bond donors (Lipinski definition) is 2. The molecule has 1 aromatic carbocycles. The number of sulfonamides is 1. The van der Waals surface area contributed by atoms with Gasteiger partial charge in [-0.1, -0.05) is 6.07 Å². The highest BCUT2D eigenvalue weighted by molar-refractivity contribution is 7.89. The molecule has 0 spiro atoms. The van der Waals surface area contributed by atoms with Gasteiger partial charge in [0.15, 0.2) is 0 Å². The van der Waals surface area contributed by atoms with Crippen LogP contribution in [0, 0.1) is 12.7 Å². The predicted octanol–water partition coefficient (Wildman–Crippen LogP) is 1.59. The molecule has 2 rings (SSSR count). The Morgan fingerprint density at radius 3 is 2.53 bits per heavy atom. The van der Waals surface area contributed by atoms with Crippen molar-refractivity contribution < 1.29 is 12.8 Å². The summed E-state index contributed by atoms with van der Waals surface area (Å²) in [6.45, 7) is 3.28. The molecule has 2 N–H and O–H groups in total. The molecule has 19 heavy (non-hydrogen) atoms. The van der Waals surface area contributed by atoms with Gasteiger partial charge in [0.1, 0.15) is 10.7 Å². The van der Waals surface area contributed by atoms with Crippen molar-refractivity contribution in [2.24, 2.45) is 0 Å². The summed E-state index contributed by atoms with van der Waals surface area (Å²) in [6, 6.07) is 4.03.